The second kappa shape index (κ2) is 12.4. The third-order valence-electron chi connectivity index (χ3n) is 6.84. The second-order valence-electron chi connectivity index (χ2n) is 9.66. The van der Waals surface area contributed by atoms with Crippen molar-refractivity contribution in [3.05, 3.63) is 106 Å². The lowest BCUT2D eigenvalue weighted by Crippen LogP contribution is -2.42. The molecule has 3 aromatic carbocycles. The van der Waals surface area contributed by atoms with Crippen molar-refractivity contribution in [1.82, 2.24) is 15.3 Å². The number of nitro benzene ring substituents is 1. The molecular weight excluding hydrogens is 522 g/mol. The maximum atomic E-state index is 13.6. The summed E-state index contributed by atoms with van der Waals surface area (Å²) in [6.07, 6.45) is 1.69. The van der Waals surface area contributed by atoms with Crippen molar-refractivity contribution in [3.63, 3.8) is 0 Å². The number of carbonyl (C=O) groups excluding carboxylic acids is 2. The number of nitrogens with one attached hydrogen (secondary N) is 2. The number of ether oxygens (including phenoxy) is 1. The second-order valence-corrected chi connectivity index (χ2v) is 9.66. The Morgan fingerprint density at radius 2 is 1.71 bits per heavy atom. The fourth-order valence-electron chi connectivity index (χ4n) is 4.72. The third kappa shape index (κ3) is 6.23. The van der Waals surface area contributed by atoms with Crippen LogP contribution in [0.2, 0.25) is 0 Å². The summed E-state index contributed by atoms with van der Waals surface area (Å²) in [6, 6.07) is 23.8. The fourth-order valence-corrected chi connectivity index (χ4v) is 4.72. The normalized spacial score (nSPS) is 11.8. The minimum absolute atomic E-state index is 0.0510. The lowest BCUT2D eigenvalue weighted by molar-refractivity contribution is -0.384. The van der Waals surface area contributed by atoms with Gasteiger partial charge in [-0.25, -0.2) is 9.78 Å². The predicted octanol–water partition coefficient (Wildman–Crippen LogP) is 5.26. The number of nitrogens with zero attached hydrogens (tertiary/aromatic N) is 2. The smallest absolute Gasteiger partial charge is 0.328 e. The first-order chi connectivity index (χ1) is 19.9. The first-order valence-corrected chi connectivity index (χ1v) is 13.3. The number of non-ortho nitro benzene ring substituents is 1. The van der Waals surface area contributed by atoms with Gasteiger partial charge in [0.1, 0.15) is 18.3 Å². The van der Waals surface area contributed by atoms with Crippen LogP contribution in [0, 0.1) is 10.1 Å². The Balaban J connectivity index is 1.48. The molecule has 0 aliphatic carbocycles. The molecular formula is C31H29N5O5. The molecule has 0 bridgehead atoms. The van der Waals surface area contributed by atoms with E-state index in [-0.39, 0.29) is 18.0 Å². The molecule has 2 heterocycles. The summed E-state index contributed by atoms with van der Waals surface area (Å²) < 4.78 is 5.53. The monoisotopic (exact) mass is 551 g/mol. The van der Waals surface area contributed by atoms with Crippen LogP contribution in [0.15, 0.2) is 84.9 Å². The van der Waals surface area contributed by atoms with Gasteiger partial charge in [0.2, 0.25) is 0 Å². The molecule has 10 nitrogen and oxygen atoms in total. The van der Waals surface area contributed by atoms with Crippen molar-refractivity contribution in [1.29, 1.82) is 0 Å². The average Bonchev–Trinajstić information content (AvgIpc) is 3.38. The topological polar surface area (TPSA) is 153 Å². The molecule has 0 aliphatic heterocycles. The van der Waals surface area contributed by atoms with Gasteiger partial charge in [0.05, 0.1) is 16.1 Å². The summed E-state index contributed by atoms with van der Waals surface area (Å²) in [4.78, 5) is 45.4. The summed E-state index contributed by atoms with van der Waals surface area (Å²) >= 11 is 0. The Kier molecular flexibility index (Phi) is 8.31. The highest BCUT2D eigenvalue weighted by molar-refractivity contribution is 6.13. The number of benzene rings is 3. The summed E-state index contributed by atoms with van der Waals surface area (Å²) in [5.74, 6) is -1.07. The van der Waals surface area contributed by atoms with Crippen LogP contribution >= 0.6 is 0 Å². The highest BCUT2D eigenvalue weighted by atomic mass is 16.6. The molecule has 4 N–H and O–H groups in total. The van der Waals surface area contributed by atoms with E-state index in [1.54, 1.807) is 18.2 Å². The zero-order valence-corrected chi connectivity index (χ0v) is 22.2. The molecule has 10 heteroatoms. The van der Waals surface area contributed by atoms with E-state index >= 15 is 0 Å². The summed E-state index contributed by atoms with van der Waals surface area (Å²) in [7, 11) is 0. The van der Waals surface area contributed by atoms with Crippen molar-refractivity contribution in [3.8, 4) is 11.3 Å². The van der Waals surface area contributed by atoms with Gasteiger partial charge in [-0.15, -0.1) is 0 Å². The molecule has 5 rings (SSSR count). The predicted molar refractivity (Wildman–Crippen MR) is 156 cm³/mol. The van der Waals surface area contributed by atoms with E-state index in [1.807, 2.05) is 54.6 Å². The fraction of sp³-hybridized carbons (Fsp3) is 0.194. The number of unbranched alkanes of at least 4 members (excludes halogenated alkanes) is 1. The van der Waals surface area contributed by atoms with Gasteiger partial charge in [-0.3, -0.25) is 14.9 Å². The van der Waals surface area contributed by atoms with Crippen LogP contribution in [-0.2, 0) is 16.1 Å². The molecule has 0 aliphatic rings. The maximum absolute atomic E-state index is 13.6. The molecule has 2 aromatic heterocycles. The van der Waals surface area contributed by atoms with Gasteiger partial charge in [-0.2, -0.15) is 0 Å². The van der Waals surface area contributed by atoms with E-state index in [4.69, 9.17) is 10.5 Å². The van der Waals surface area contributed by atoms with Crippen LogP contribution < -0.4 is 11.1 Å². The van der Waals surface area contributed by atoms with Crippen LogP contribution in [0.25, 0.3) is 33.1 Å². The molecule has 0 radical (unpaired) electrons. The molecule has 1 atom stereocenters. The minimum atomic E-state index is -0.888. The molecule has 5 aromatic rings. The number of amides is 1. The standard InChI is InChI=1S/C31H29N5O5/c32-17-7-6-12-26(31(38)41-19-20-8-2-1-3-9-20)35-30(37)27-18-24-23-10-4-5-11-25(23)33-29(24)28(34-27)21-13-15-22(16-14-21)36(39)40/h1-5,8-11,13-16,18,26,33H,6-7,12,17,19,32H2,(H,35,37)/t26-/m0/s1. The minimum Gasteiger partial charge on any atom is -0.459 e. The lowest BCUT2D eigenvalue weighted by Gasteiger charge is -2.18. The van der Waals surface area contributed by atoms with E-state index in [0.29, 0.717) is 42.6 Å². The van der Waals surface area contributed by atoms with Crippen molar-refractivity contribution in [2.75, 3.05) is 6.54 Å². The van der Waals surface area contributed by atoms with Crippen LogP contribution in [-0.4, -0.2) is 39.4 Å². The number of aromatic nitrogens is 2. The molecule has 0 saturated heterocycles. The molecule has 41 heavy (non-hydrogen) atoms. The summed E-state index contributed by atoms with van der Waals surface area (Å²) in [5, 5.41) is 15.7. The van der Waals surface area contributed by atoms with Crippen molar-refractivity contribution in [2.24, 2.45) is 5.73 Å². The van der Waals surface area contributed by atoms with Gasteiger partial charge in [0.25, 0.3) is 11.6 Å². The number of pyridine rings is 1. The maximum Gasteiger partial charge on any atom is 0.328 e. The van der Waals surface area contributed by atoms with Crippen molar-refractivity contribution < 1.29 is 19.2 Å². The van der Waals surface area contributed by atoms with Gasteiger partial charge in [0.15, 0.2) is 0 Å². The van der Waals surface area contributed by atoms with E-state index in [0.717, 1.165) is 21.9 Å². The van der Waals surface area contributed by atoms with Crippen LogP contribution in [0.1, 0.15) is 35.3 Å². The lowest BCUT2D eigenvalue weighted by atomic mass is 10.1. The van der Waals surface area contributed by atoms with Gasteiger partial charge >= 0.3 is 5.97 Å². The Hall–Kier alpha value is -5.09. The SMILES string of the molecule is NCCCC[C@H](NC(=O)c1cc2c([nH]c3ccccc32)c(-c2ccc([N+](=O)[O-])cc2)n1)C(=O)OCc1ccccc1. The first-order valence-electron chi connectivity index (χ1n) is 13.3. The Labute approximate surface area is 235 Å². The molecule has 208 valence electrons. The van der Waals surface area contributed by atoms with Crippen molar-refractivity contribution in [2.45, 2.75) is 31.9 Å². The highest BCUT2D eigenvalue weighted by Gasteiger charge is 2.25. The Bertz CT molecular complexity index is 1700. The zero-order valence-electron chi connectivity index (χ0n) is 22.2. The number of aromatic amines is 1. The number of nitro groups is 1. The number of H-pyrrole nitrogens is 1. The number of hydrogen-bond acceptors (Lipinski definition) is 7. The number of rotatable bonds is 11. The number of nitrogens with two attached hydrogens (primary N) is 1. The number of hydrogen-bond donors (Lipinski definition) is 3. The molecule has 1 amide bonds. The Morgan fingerprint density at radius 3 is 2.44 bits per heavy atom. The van der Waals surface area contributed by atoms with Crippen LogP contribution in [0.3, 0.4) is 0 Å². The molecule has 0 unspecified atom stereocenters. The Morgan fingerprint density at radius 1 is 0.976 bits per heavy atom. The number of fused-ring (bicyclic) bond motifs is 3. The number of carbonyl (C=O) groups is 2. The quantitative estimate of drug-likeness (QED) is 0.0875. The zero-order chi connectivity index (χ0) is 28.8. The average molecular weight is 552 g/mol. The van der Waals surface area contributed by atoms with Gasteiger partial charge in [-0.1, -0.05) is 48.5 Å². The summed E-state index contributed by atoms with van der Waals surface area (Å²) in [5.41, 5.74) is 9.16. The van der Waals surface area contributed by atoms with E-state index in [1.165, 1.54) is 12.1 Å². The molecule has 0 spiro atoms. The van der Waals surface area contributed by atoms with E-state index in [2.05, 4.69) is 15.3 Å². The number of para-hydroxylation sites is 1. The van der Waals surface area contributed by atoms with Gasteiger partial charge < -0.3 is 20.8 Å². The third-order valence-corrected chi connectivity index (χ3v) is 6.84. The van der Waals surface area contributed by atoms with Crippen molar-refractivity contribution >= 4 is 39.4 Å². The largest absolute Gasteiger partial charge is 0.459 e. The number of esters is 1. The van der Waals surface area contributed by atoms with Gasteiger partial charge in [0, 0.05) is 34.0 Å². The molecule has 0 saturated carbocycles. The van der Waals surface area contributed by atoms with E-state index in [9.17, 15) is 19.7 Å². The highest BCUT2D eigenvalue weighted by Crippen LogP contribution is 2.33. The summed E-state index contributed by atoms with van der Waals surface area (Å²) in [6.45, 7) is 0.559. The van der Waals surface area contributed by atoms with Crippen LogP contribution in [0.5, 0.6) is 0 Å². The molecule has 0 fully saturated rings. The first kappa shape index (κ1) is 27.5. The van der Waals surface area contributed by atoms with E-state index < -0.39 is 22.8 Å². The van der Waals surface area contributed by atoms with Gasteiger partial charge in [-0.05, 0) is 55.6 Å². The van der Waals surface area contributed by atoms with Crippen LogP contribution in [0.4, 0.5) is 5.69 Å².